The first kappa shape index (κ1) is 15.2. The Hall–Kier alpha value is -0.830. The highest BCUT2D eigenvalue weighted by Crippen LogP contribution is 2.45. The van der Waals surface area contributed by atoms with Crippen molar-refractivity contribution in [3.05, 3.63) is 0 Å². The lowest BCUT2D eigenvalue weighted by atomic mass is 10.1. The molecule has 0 atom stereocenters. The smallest absolute Gasteiger partial charge is 0.389 e. The van der Waals surface area contributed by atoms with Gasteiger partial charge < -0.3 is 5.11 Å². The first-order chi connectivity index (χ1) is 8.06. The number of hydrogen-bond donors (Lipinski definition) is 2. The second-order valence-corrected chi connectivity index (χ2v) is 6.37. The summed E-state index contributed by atoms with van der Waals surface area (Å²) in [5, 5.41) is 8.80. The van der Waals surface area contributed by atoms with Crippen LogP contribution in [0.1, 0.15) is 25.7 Å². The second kappa shape index (κ2) is 5.04. The molecule has 1 rings (SSSR count). The number of hydrogen-bond acceptors (Lipinski definition) is 3. The maximum atomic E-state index is 11.8. The number of carboxylic acid groups (broad SMARTS) is 1. The molecule has 106 valence electrons. The molecule has 1 saturated carbocycles. The molecule has 0 unspecified atom stereocenters. The Labute approximate surface area is 102 Å². The summed E-state index contributed by atoms with van der Waals surface area (Å²) in [7, 11) is -3.84. The van der Waals surface area contributed by atoms with Gasteiger partial charge in [-0.05, 0) is 19.3 Å². The average molecular weight is 289 g/mol. The van der Waals surface area contributed by atoms with Crippen LogP contribution in [0.25, 0.3) is 0 Å². The van der Waals surface area contributed by atoms with Crippen LogP contribution in [0.5, 0.6) is 0 Å². The van der Waals surface area contributed by atoms with Crippen molar-refractivity contribution in [2.75, 3.05) is 12.3 Å². The number of nitrogens with one attached hydrogen (secondary N) is 1. The number of aliphatic carboxylic acids is 1. The van der Waals surface area contributed by atoms with Crippen LogP contribution in [0.4, 0.5) is 13.2 Å². The van der Waals surface area contributed by atoms with Crippen molar-refractivity contribution in [1.82, 2.24) is 4.72 Å². The minimum absolute atomic E-state index is 0.253. The number of carboxylic acids is 1. The predicted octanol–water partition coefficient (Wildman–Crippen LogP) is 1.11. The Kier molecular flexibility index (Phi) is 4.26. The van der Waals surface area contributed by atoms with Gasteiger partial charge in [0.25, 0.3) is 0 Å². The van der Waals surface area contributed by atoms with E-state index in [1.54, 1.807) is 0 Å². The third kappa shape index (κ3) is 4.81. The van der Waals surface area contributed by atoms with Crippen molar-refractivity contribution in [3.8, 4) is 0 Å². The molecule has 0 aromatic heterocycles. The number of halogens is 3. The zero-order chi connectivity index (χ0) is 14.0. The average Bonchev–Trinajstić information content (AvgIpc) is 2.93. The molecule has 0 aliphatic heterocycles. The molecule has 0 bridgehead atoms. The lowest BCUT2D eigenvalue weighted by Gasteiger charge is -2.12. The number of rotatable bonds is 7. The zero-order valence-electron chi connectivity index (χ0n) is 9.46. The highest BCUT2D eigenvalue weighted by molar-refractivity contribution is 7.89. The van der Waals surface area contributed by atoms with E-state index in [0.29, 0.717) is 12.8 Å². The van der Waals surface area contributed by atoms with Crippen molar-refractivity contribution in [2.45, 2.75) is 31.9 Å². The quantitative estimate of drug-likeness (QED) is 0.735. The van der Waals surface area contributed by atoms with Crippen LogP contribution < -0.4 is 4.72 Å². The fraction of sp³-hybridized carbons (Fsp3) is 0.889. The standard InChI is InChI=1S/C9H14F3NO4S/c10-9(11,12)2-1-5-18(16,17)13-6-8(3-4-8)7(14)15/h13H,1-6H2,(H,14,15). The molecule has 0 radical (unpaired) electrons. The molecule has 5 nitrogen and oxygen atoms in total. The Bertz CT molecular complexity index is 414. The number of alkyl halides is 3. The Balaban J connectivity index is 2.35. The maximum absolute atomic E-state index is 11.8. The minimum Gasteiger partial charge on any atom is -0.481 e. The van der Waals surface area contributed by atoms with E-state index in [9.17, 15) is 26.4 Å². The van der Waals surface area contributed by atoms with E-state index in [0.717, 1.165) is 0 Å². The van der Waals surface area contributed by atoms with E-state index >= 15 is 0 Å². The highest BCUT2D eigenvalue weighted by atomic mass is 32.2. The van der Waals surface area contributed by atoms with Gasteiger partial charge in [-0.2, -0.15) is 13.2 Å². The molecule has 0 amide bonds. The second-order valence-electron chi connectivity index (χ2n) is 4.44. The summed E-state index contributed by atoms with van der Waals surface area (Å²) < 4.78 is 60.2. The predicted molar refractivity (Wildman–Crippen MR) is 56.4 cm³/mol. The van der Waals surface area contributed by atoms with Crippen LogP contribution in [0.2, 0.25) is 0 Å². The Morgan fingerprint density at radius 3 is 2.28 bits per heavy atom. The molecule has 9 heteroatoms. The maximum Gasteiger partial charge on any atom is 0.389 e. The molecular formula is C9H14F3NO4S. The molecule has 0 spiro atoms. The van der Waals surface area contributed by atoms with Crippen LogP contribution >= 0.6 is 0 Å². The summed E-state index contributed by atoms with van der Waals surface area (Å²) in [6.45, 7) is -0.253. The van der Waals surface area contributed by atoms with Crippen LogP contribution in [-0.4, -0.2) is 38.0 Å². The molecule has 0 heterocycles. The monoisotopic (exact) mass is 289 g/mol. The Morgan fingerprint density at radius 2 is 1.89 bits per heavy atom. The first-order valence-electron chi connectivity index (χ1n) is 5.34. The molecular weight excluding hydrogens is 275 g/mol. The summed E-state index contributed by atoms with van der Waals surface area (Å²) in [6, 6.07) is 0. The molecule has 1 aliphatic rings. The summed E-state index contributed by atoms with van der Waals surface area (Å²) in [5.74, 6) is -1.73. The summed E-state index contributed by atoms with van der Waals surface area (Å²) in [5.41, 5.74) is -1.06. The number of sulfonamides is 1. The van der Waals surface area contributed by atoms with Gasteiger partial charge in [-0.15, -0.1) is 0 Å². The minimum atomic E-state index is -4.38. The highest BCUT2D eigenvalue weighted by Gasteiger charge is 2.50. The van der Waals surface area contributed by atoms with E-state index < -0.39 is 46.2 Å². The van der Waals surface area contributed by atoms with Gasteiger partial charge in [0, 0.05) is 13.0 Å². The van der Waals surface area contributed by atoms with Gasteiger partial charge in [-0.1, -0.05) is 0 Å². The summed E-state index contributed by atoms with van der Waals surface area (Å²) in [6.07, 6.45) is -5.31. The zero-order valence-corrected chi connectivity index (χ0v) is 10.3. The van der Waals surface area contributed by atoms with Crippen molar-refractivity contribution in [1.29, 1.82) is 0 Å². The summed E-state index contributed by atoms with van der Waals surface area (Å²) >= 11 is 0. The molecule has 0 aromatic carbocycles. The molecule has 0 aromatic rings. The van der Waals surface area contributed by atoms with Crippen molar-refractivity contribution in [3.63, 3.8) is 0 Å². The SMILES string of the molecule is O=C(O)C1(CNS(=O)(=O)CCCC(F)(F)F)CC1. The lowest BCUT2D eigenvalue weighted by molar-refractivity contribution is -0.143. The fourth-order valence-corrected chi connectivity index (χ4v) is 2.56. The van der Waals surface area contributed by atoms with Crippen LogP contribution in [0.3, 0.4) is 0 Å². The van der Waals surface area contributed by atoms with Gasteiger partial charge in [0.1, 0.15) is 0 Å². The van der Waals surface area contributed by atoms with Crippen LogP contribution in [0.15, 0.2) is 0 Å². The van der Waals surface area contributed by atoms with Crippen LogP contribution in [-0.2, 0) is 14.8 Å². The third-order valence-corrected chi connectivity index (χ3v) is 4.22. The van der Waals surface area contributed by atoms with Gasteiger partial charge in [0.15, 0.2) is 0 Å². The normalized spacial score (nSPS) is 18.6. The number of carbonyl (C=O) groups is 1. The van der Waals surface area contributed by atoms with Crippen molar-refractivity contribution >= 4 is 16.0 Å². The van der Waals surface area contributed by atoms with Gasteiger partial charge in [-0.3, -0.25) is 4.79 Å². The van der Waals surface area contributed by atoms with Gasteiger partial charge in [0.05, 0.1) is 11.2 Å². The molecule has 2 N–H and O–H groups in total. The van der Waals surface area contributed by atoms with E-state index in [4.69, 9.17) is 5.11 Å². The summed E-state index contributed by atoms with van der Waals surface area (Å²) in [4.78, 5) is 10.8. The van der Waals surface area contributed by atoms with E-state index in [1.165, 1.54) is 0 Å². The van der Waals surface area contributed by atoms with Gasteiger partial charge in [-0.25, -0.2) is 13.1 Å². The van der Waals surface area contributed by atoms with E-state index in [2.05, 4.69) is 4.72 Å². The van der Waals surface area contributed by atoms with E-state index in [-0.39, 0.29) is 6.54 Å². The molecule has 0 saturated heterocycles. The van der Waals surface area contributed by atoms with Gasteiger partial charge in [0.2, 0.25) is 10.0 Å². The molecule has 18 heavy (non-hydrogen) atoms. The van der Waals surface area contributed by atoms with E-state index in [1.807, 2.05) is 0 Å². The van der Waals surface area contributed by atoms with Crippen molar-refractivity contribution < 1.29 is 31.5 Å². The largest absolute Gasteiger partial charge is 0.481 e. The van der Waals surface area contributed by atoms with Crippen LogP contribution in [0, 0.1) is 5.41 Å². The first-order valence-corrected chi connectivity index (χ1v) is 6.99. The Morgan fingerprint density at radius 1 is 1.33 bits per heavy atom. The molecule has 1 fully saturated rings. The molecule has 1 aliphatic carbocycles. The topological polar surface area (TPSA) is 83.5 Å². The van der Waals surface area contributed by atoms with Gasteiger partial charge >= 0.3 is 12.1 Å². The van der Waals surface area contributed by atoms with Crippen molar-refractivity contribution in [2.24, 2.45) is 5.41 Å². The third-order valence-electron chi connectivity index (χ3n) is 2.81. The fourth-order valence-electron chi connectivity index (χ4n) is 1.40. The lowest BCUT2D eigenvalue weighted by Crippen LogP contribution is -2.35.